The molecule has 0 N–H and O–H groups in total. The van der Waals surface area contributed by atoms with Gasteiger partial charge in [0.05, 0.1) is 0 Å². The van der Waals surface area contributed by atoms with Crippen molar-refractivity contribution in [2.75, 3.05) is 0 Å². The van der Waals surface area contributed by atoms with Gasteiger partial charge in [0, 0.05) is 5.39 Å². The highest BCUT2D eigenvalue weighted by molar-refractivity contribution is 5.84. The molecule has 0 fully saturated rings. The highest BCUT2D eigenvalue weighted by Crippen LogP contribution is 2.37. The molecule has 0 amide bonds. The third-order valence-electron chi connectivity index (χ3n) is 6.06. The Morgan fingerprint density at radius 3 is 2.61 bits per heavy atom. The SMILES string of the molecule is CCCCCc1ccc2c(F)c(C3CCc4c(ccc(F)c4F)C3)ccc2c1. The van der Waals surface area contributed by atoms with Gasteiger partial charge in [-0.2, -0.15) is 0 Å². The third-order valence-corrected chi connectivity index (χ3v) is 6.06. The van der Waals surface area contributed by atoms with Crippen LogP contribution in [-0.2, 0) is 19.3 Å². The molecule has 0 saturated heterocycles. The van der Waals surface area contributed by atoms with Crippen molar-refractivity contribution in [1.29, 1.82) is 0 Å². The van der Waals surface area contributed by atoms with Gasteiger partial charge in [-0.1, -0.05) is 56.2 Å². The predicted molar refractivity (Wildman–Crippen MR) is 108 cm³/mol. The molecule has 4 rings (SSSR count). The largest absolute Gasteiger partial charge is 0.206 e. The fourth-order valence-corrected chi connectivity index (χ4v) is 4.45. The van der Waals surface area contributed by atoms with Crippen LogP contribution in [0, 0.1) is 17.5 Å². The van der Waals surface area contributed by atoms with Gasteiger partial charge in [0.15, 0.2) is 11.6 Å². The summed E-state index contributed by atoms with van der Waals surface area (Å²) in [6, 6.07) is 12.7. The maximum absolute atomic E-state index is 15.3. The molecule has 3 aromatic rings. The van der Waals surface area contributed by atoms with Crippen molar-refractivity contribution >= 4 is 10.8 Å². The van der Waals surface area contributed by atoms with Crippen molar-refractivity contribution in [3.8, 4) is 0 Å². The van der Waals surface area contributed by atoms with Crippen molar-refractivity contribution in [2.24, 2.45) is 0 Å². The number of unbranched alkanes of at least 4 members (excludes halogenated alkanes) is 2. The zero-order chi connectivity index (χ0) is 19.7. The number of rotatable bonds is 5. The molecule has 0 saturated carbocycles. The van der Waals surface area contributed by atoms with Crippen molar-refractivity contribution in [3.63, 3.8) is 0 Å². The van der Waals surface area contributed by atoms with E-state index >= 15 is 4.39 Å². The molecular formula is C25H25F3. The molecule has 1 unspecified atom stereocenters. The molecular weight excluding hydrogens is 357 g/mol. The fourth-order valence-electron chi connectivity index (χ4n) is 4.45. The average Bonchev–Trinajstić information content (AvgIpc) is 2.71. The summed E-state index contributed by atoms with van der Waals surface area (Å²) < 4.78 is 42.7. The molecule has 1 aliphatic rings. The van der Waals surface area contributed by atoms with Crippen LogP contribution in [0.1, 0.15) is 60.8 Å². The van der Waals surface area contributed by atoms with Crippen molar-refractivity contribution in [3.05, 3.63) is 82.2 Å². The number of benzene rings is 3. The van der Waals surface area contributed by atoms with E-state index in [2.05, 4.69) is 13.0 Å². The summed E-state index contributed by atoms with van der Waals surface area (Å²) in [4.78, 5) is 0. The average molecular weight is 382 g/mol. The first-order valence-corrected chi connectivity index (χ1v) is 10.2. The van der Waals surface area contributed by atoms with E-state index in [0.717, 1.165) is 23.8 Å². The Morgan fingerprint density at radius 1 is 0.929 bits per heavy atom. The van der Waals surface area contributed by atoms with Crippen LogP contribution in [0.4, 0.5) is 13.2 Å². The minimum absolute atomic E-state index is 0.00834. The normalized spacial score (nSPS) is 16.4. The molecule has 0 heterocycles. The summed E-state index contributed by atoms with van der Waals surface area (Å²) >= 11 is 0. The lowest BCUT2D eigenvalue weighted by atomic mass is 9.79. The Hall–Kier alpha value is -2.29. The summed E-state index contributed by atoms with van der Waals surface area (Å²) in [7, 11) is 0. The molecule has 3 heteroatoms. The van der Waals surface area contributed by atoms with E-state index in [-0.39, 0.29) is 11.7 Å². The van der Waals surface area contributed by atoms with Gasteiger partial charge >= 0.3 is 0 Å². The molecule has 0 radical (unpaired) electrons. The number of halogens is 3. The van der Waals surface area contributed by atoms with Gasteiger partial charge < -0.3 is 0 Å². The van der Waals surface area contributed by atoms with Crippen LogP contribution >= 0.6 is 0 Å². The topological polar surface area (TPSA) is 0 Å². The molecule has 0 aliphatic heterocycles. The Balaban J connectivity index is 1.61. The van der Waals surface area contributed by atoms with Gasteiger partial charge in [-0.3, -0.25) is 0 Å². The van der Waals surface area contributed by atoms with E-state index in [0.29, 0.717) is 35.8 Å². The van der Waals surface area contributed by atoms with Crippen LogP contribution in [0.3, 0.4) is 0 Å². The van der Waals surface area contributed by atoms with Gasteiger partial charge in [-0.25, -0.2) is 13.2 Å². The van der Waals surface area contributed by atoms with Gasteiger partial charge in [-0.05, 0) is 71.7 Å². The maximum atomic E-state index is 15.3. The first-order chi connectivity index (χ1) is 13.6. The Kier molecular flexibility index (Phi) is 5.43. The molecule has 28 heavy (non-hydrogen) atoms. The molecule has 0 nitrogen and oxygen atoms in total. The van der Waals surface area contributed by atoms with Gasteiger partial charge in [0.1, 0.15) is 5.82 Å². The van der Waals surface area contributed by atoms with E-state index in [1.807, 2.05) is 24.3 Å². The molecule has 0 aromatic heterocycles. The smallest absolute Gasteiger partial charge is 0.162 e. The second kappa shape index (κ2) is 7.98. The van der Waals surface area contributed by atoms with Crippen LogP contribution in [0.15, 0.2) is 42.5 Å². The predicted octanol–water partition coefficient (Wildman–Crippen LogP) is 7.26. The minimum atomic E-state index is -0.802. The van der Waals surface area contributed by atoms with Crippen LogP contribution in [0.5, 0.6) is 0 Å². The summed E-state index contributed by atoms with van der Waals surface area (Å²) in [5, 5.41) is 1.58. The molecule has 146 valence electrons. The Bertz CT molecular complexity index is 1010. The Labute approximate surface area is 164 Å². The second-order valence-electron chi connectivity index (χ2n) is 7.92. The molecule has 0 bridgehead atoms. The van der Waals surface area contributed by atoms with E-state index in [1.54, 1.807) is 6.07 Å². The third kappa shape index (κ3) is 3.55. The lowest BCUT2D eigenvalue weighted by Gasteiger charge is -2.26. The molecule has 0 spiro atoms. The van der Waals surface area contributed by atoms with Gasteiger partial charge in [-0.15, -0.1) is 0 Å². The zero-order valence-corrected chi connectivity index (χ0v) is 16.2. The summed E-state index contributed by atoms with van der Waals surface area (Å²) in [5.74, 6) is -1.73. The van der Waals surface area contributed by atoms with Gasteiger partial charge in [0.2, 0.25) is 0 Å². The highest BCUT2D eigenvalue weighted by Gasteiger charge is 2.26. The van der Waals surface area contributed by atoms with Crippen molar-refractivity contribution in [1.82, 2.24) is 0 Å². The fraction of sp³-hybridized carbons (Fsp3) is 0.360. The van der Waals surface area contributed by atoms with Crippen molar-refractivity contribution in [2.45, 2.75) is 57.8 Å². The lowest BCUT2D eigenvalue weighted by Crippen LogP contribution is -2.16. The van der Waals surface area contributed by atoms with E-state index in [4.69, 9.17) is 0 Å². The lowest BCUT2D eigenvalue weighted by molar-refractivity contribution is 0.473. The van der Waals surface area contributed by atoms with Crippen LogP contribution in [0.25, 0.3) is 10.8 Å². The quantitative estimate of drug-likeness (QED) is 0.407. The summed E-state index contributed by atoms with van der Waals surface area (Å²) in [6.07, 6.45) is 6.19. The van der Waals surface area contributed by atoms with Crippen LogP contribution in [0.2, 0.25) is 0 Å². The van der Waals surface area contributed by atoms with E-state index in [9.17, 15) is 8.78 Å². The number of aryl methyl sites for hydroxylation is 1. The summed E-state index contributed by atoms with van der Waals surface area (Å²) in [5.41, 5.74) is 3.17. The number of hydrogen-bond donors (Lipinski definition) is 0. The van der Waals surface area contributed by atoms with Gasteiger partial charge in [0.25, 0.3) is 0 Å². The minimum Gasteiger partial charge on any atom is -0.206 e. The van der Waals surface area contributed by atoms with E-state index in [1.165, 1.54) is 24.5 Å². The monoisotopic (exact) mass is 382 g/mol. The molecule has 1 aliphatic carbocycles. The van der Waals surface area contributed by atoms with E-state index < -0.39 is 11.6 Å². The summed E-state index contributed by atoms with van der Waals surface area (Å²) in [6.45, 7) is 2.19. The van der Waals surface area contributed by atoms with Crippen molar-refractivity contribution < 1.29 is 13.2 Å². The van der Waals surface area contributed by atoms with Crippen LogP contribution < -0.4 is 0 Å². The zero-order valence-electron chi connectivity index (χ0n) is 16.2. The number of fused-ring (bicyclic) bond motifs is 2. The Morgan fingerprint density at radius 2 is 1.79 bits per heavy atom. The maximum Gasteiger partial charge on any atom is 0.162 e. The highest BCUT2D eigenvalue weighted by atomic mass is 19.2. The standard InChI is InChI=1S/C25H25F3/c1-2-3-4-5-16-6-10-20-17(14-16)7-11-21(24(20)27)18-8-12-22-19(15-18)9-13-23(26)25(22)28/h6-7,9-11,13-14,18H,2-5,8,12,15H2,1H3. The second-order valence-corrected chi connectivity index (χ2v) is 7.92. The number of hydrogen-bond acceptors (Lipinski definition) is 0. The first kappa shape index (κ1) is 19.0. The van der Waals surface area contributed by atoms with Crippen LogP contribution in [-0.4, -0.2) is 0 Å². The molecule has 1 atom stereocenters. The molecule has 3 aromatic carbocycles. The first-order valence-electron chi connectivity index (χ1n) is 10.2.